The van der Waals surface area contributed by atoms with Crippen molar-refractivity contribution in [2.75, 3.05) is 13.2 Å². The minimum Gasteiger partial charge on any atom is -0.454 e. The molecule has 0 aliphatic carbocycles. The fourth-order valence-electron chi connectivity index (χ4n) is 3.53. The molecular formula is C22H42N2O5Si2. The number of hydrogen-bond acceptors (Lipinski definition) is 6. The number of amidine groups is 1. The van der Waals surface area contributed by atoms with Crippen molar-refractivity contribution >= 4 is 28.6 Å². The Bertz CT molecular complexity index is 741. The zero-order chi connectivity index (χ0) is 23.6. The van der Waals surface area contributed by atoms with E-state index in [-0.39, 0.29) is 46.4 Å². The Morgan fingerprint density at radius 1 is 1.06 bits per heavy atom. The van der Waals surface area contributed by atoms with Gasteiger partial charge in [-0.25, -0.2) is 0 Å². The molecule has 0 bridgehead atoms. The van der Waals surface area contributed by atoms with Crippen molar-refractivity contribution in [3.8, 4) is 0 Å². The highest BCUT2D eigenvalue weighted by Crippen LogP contribution is 2.44. The number of amides is 1. The fourth-order valence-corrected chi connectivity index (χ4v) is 5.87. The summed E-state index contributed by atoms with van der Waals surface area (Å²) >= 11 is 0. The first-order valence-corrected chi connectivity index (χ1v) is 17.3. The van der Waals surface area contributed by atoms with Gasteiger partial charge in [-0.1, -0.05) is 48.5 Å². The van der Waals surface area contributed by atoms with Crippen molar-refractivity contribution in [1.29, 1.82) is 0 Å². The van der Waals surface area contributed by atoms with Crippen molar-refractivity contribution < 1.29 is 23.1 Å². The first-order valence-electron chi connectivity index (χ1n) is 11.5. The molecule has 0 spiro atoms. The number of nitrogens with zero attached hydrogens (tertiary/aromatic N) is 2. The van der Waals surface area contributed by atoms with Crippen LogP contribution in [0.5, 0.6) is 0 Å². The Kier molecular flexibility index (Phi) is 6.37. The molecule has 0 aromatic carbocycles. The molecule has 0 unspecified atom stereocenters. The molecule has 0 radical (unpaired) electrons. The average Bonchev–Trinajstić information content (AvgIpc) is 3.08. The van der Waals surface area contributed by atoms with Gasteiger partial charge >= 0.3 is 0 Å². The molecule has 31 heavy (non-hydrogen) atoms. The Balaban J connectivity index is 1.85. The van der Waals surface area contributed by atoms with Crippen molar-refractivity contribution in [2.45, 2.75) is 109 Å². The van der Waals surface area contributed by atoms with Gasteiger partial charge in [-0.3, -0.25) is 9.69 Å². The number of rotatable bonds is 5. The summed E-state index contributed by atoms with van der Waals surface area (Å²) < 4.78 is 26.1. The molecule has 178 valence electrons. The molecule has 7 nitrogen and oxygen atoms in total. The highest BCUT2D eigenvalue weighted by atomic mass is 28.4. The van der Waals surface area contributed by atoms with E-state index in [0.717, 1.165) is 0 Å². The lowest BCUT2D eigenvalue weighted by Crippen LogP contribution is -2.51. The van der Waals surface area contributed by atoms with Gasteiger partial charge in [0.25, 0.3) is 11.9 Å². The number of carbonyl (C=O) groups is 1. The molecule has 3 aliphatic heterocycles. The molecular weight excluding hydrogens is 428 g/mol. The van der Waals surface area contributed by atoms with E-state index in [2.05, 4.69) is 72.7 Å². The van der Waals surface area contributed by atoms with E-state index in [1.807, 2.05) is 11.8 Å². The van der Waals surface area contributed by atoms with E-state index in [0.29, 0.717) is 19.2 Å². The molecule has 0 N–H and O–H groups in total. The lowest BCUT2D eigenvalue weighted by molar-refractivity contribution is -0.123. The van der Waals surface area contributed by atoms with Crippen LogP contribution in [0.3, 0.4) is 0 Å². The van der Waals surface area contributed by atoms with Gasteiger partial charge in [0.1, 0.15) is 12.2 Å². The first kappa shape index (κ1) is 24.9. The number of aliphatic imine (C=N–C) groups is 1. The third-order valence-corrected chi connectivity index (χ3v) is 16.8. The van der Waals surface area contributed by atoms with E-state index >= 15 is 0 Å². The van der Waals surface area contributed by atoms with Crippen molar-refractivity contribution in [3.63, 3.8) is 0 Å². The Morgan fingerprint density at radius 3 is 2.19 bits per heavy atom. The van der Waals surface area contributed by atoms with Crippen LogP contribution in [-0.4, -0.2) is 71.2 Å². The van der Waals surface area contributed by atoms with Crippen LogP contribution >= 0.6 is 0 Å². The SMILES string of the molecule is C[C@H]1CN2C(=NC1=O)O[C@H]1[C@H](O[Si](C)(C)C(C)(C)C)[C@@H](CO[Si](C)(C)C(C)(C)C)O[C@H]12. The van der Waals surface area contributed by atoms with Crippen LogP contribution in [0.15, 0.2) is 4.99 Å². The molecule has 3 heterocycles. The lowest BCUT2D eigenvalue weighted by Gasteiger charge is -2.41. The minimum absolute atomic E-state index is 0.0591. The zero-order valence-electron chi connectivity index (χ0n) is 21.2. The standard InChI is InChI=1S/C22H42N2O5Si2/c1-14-12-24-19-17(28-20(24)23-18(14)25)16(29-31(10,11)22(5,6)7)15(27-19)13-26-30(8,9)21(2,3)4/h14-17,19H,12-13H2,1-11H3/t14-,15+,16+,17-,19+/m0/s1. The quantitative estimate of drug-likeness (QED) is 0.556. The third-order valence-electron chi connectivity index (χ3n) is 7.83. The summed E-state index contributed by atoms with van der Waals surface area (Å²) in [5.41, 5.74) is 0. The lowest BCUT2D eigenvalue weighted by atomic mass is 10.1. The normalized spacial score (nSPS) is 32.0. The number of ether oxygens (including phenoxy) is 2. The highest BCUT2D eigenvalue weighted by molar-refractivity contribution is 6.74. The van der Waals surface area contributed by atoms with Crippen LogP contribution in [-0.2, 0) is 23.1 Å². The zero-order valence-corrected chi connectivity index (χ0v) is 23.2. The second kappa shape index (κ2) is 7.93. The van der Waals surface area contributed by atoms with Gasteiger partial charge in [0.15, 0.2) is 29.0 Å². The molecule has 0 saturated carbocycles. The monoisotopic (exact) mass is 470 g/mol. The summed E-state index contributed by atoms with van der Waals surface area (Å²) in [5, 5.41) is 0.180. The van der Waals surface area contributed by atoms with Gasteiger partial charge < -0.3 is 18.3 Å². The maximum Gasteiger partial charge on any atom is 0.298 e. The predicted octanol–water partition coefficient (Wildman–Crippen LogP) is 4.36. The van der Waals surface area contributed by atoms with E-state index in [4.69, 9.17) is 18.3 Å². The Hall–Kier alpha value is -0.746. The summed E-state index contributed by atoms with van der Waals surface area (Å²) in [6.07, 6.45) is -1.07. The Morgan fingerprint density at radius 2 is 1.65 bits per heavy atom. The van der Waals surface area contributed by atoms with Crippen LogP contribution < -0.4 is 0 Å². The summed E-state index contributed by atoms with van der Waals surface area (Å²) in [7, 11) is -4.02. The van der Waals surface area contributed by atoms with Crippen molar-refractivity contribution in [3.05, 3.63) is 0 Å². The topological polar surface area (TPSA) is 69.6 Å². The maximum atomic E-state index is 12.1. The molecule has 9 heteroatoms. The van der Waals surface area contributed by atoms with E-state index in [1.165, 1.54) is 0 Å². The van der Waals surface area contributed by atoms with Crippen LogP contribution in [0.25, 0.3) is 0 Å². The van der Waals surface area contributed by atoms with Crippen LogP contribution in [0.1, 0.15) is 48.5 Å². The molecule has 5 atom stereocenters. The number of fused-ring (bicyclic) bond motifs is 3. The summed E-state index contributed by atoms with van der Waals surface area (Å²) in [4.78, 5) is 18.2. The summed E-state index contributed by atoms with van der Waals surface area (Å²) in [6.45, 7) is 25.4. The van der Waals surface area contributed by atoms with Gasteiger partial charge in [0.05, 0.1) is 12.5 Å². The van der Waals surface area contributed by atoms with E-state index in [9.17, 15) is 4.79 Å². The van der Waals surface area contributed by atoms with Crippen LogP contribution in [0.4, 0.5) is 0 Å². The molecule has 0 aromatic rings. The largest absolute Gasteiger partial charge is 0.454 e. The number of carbonyl (C=O) groups excluding carboxylic acids is 1. The first-order chi connectivity index (χ1) is 13.9. The molecule has 1 amide bonds. The highest BCUT2D eigenvalue weighted by Gasteiger charge is 2.59. The van der Waals surface area contributed by atoms with E-state index < -0.39 is 16.6 Å². The predicted molar refractivity (Wildman–Crippen MR) is 127 cm³/mol. The van der Waals surface area contributed by atoms with Gasteiger partial charge in [0.2, 0.25) is 0 Å². The minimum atomic E-state index is -2.09. The van der Waals surface area contributed by atoms with E-state index in [1.54, 1.807) is 0 Å². The smallest absolute Gasteiger partial charge is 0.298 e. The molecule has 2 fully saturated rings. The van der Waals surface area contributed by atoms with Gasteiger partial charge in [-0.2, -0.15) is 4.99 Å². The second-order valence-corrected chi connectivity index (χ2v) is 21.9. The maximum absolute atomic E-state index is 12.1. The average molecular weight is 471 g/mol. The van der Waals surface area contributed by atoms with Crippen molar-refractivity contribution in [1.82, 2.24) is 4.90 Å². The van der Waals surface area contributed by atoms with Crippen LogP contribution in [0, 0.1) is 5.92 Å². The number of hydrogen-bond donors (Lipinski definition) is 0. The third kappa shape index (κ3) is 4.66. The van der Waals surface area contributed by atoms with Gasteiger partial charge in [-0.15, -0.1) is 0 Å². The molecule has 2 saturated heterocycles. The van der Waals surface area contributed by atoms with Crippen LogP contribution in [0.2, 0.25) is 36.3 Å². The van der Waals surface area contributed by atoms with Gasteiger partial charge in [0, 0.05) is 6.54 Å². The van der Waals surface area contributed by atoms with Gasteiger partial charge in [-0.05, 0) is 36.3 Å². The fraction of sp³-hybridized carbons (Fsp3) is 0.909. The molecule has 3 rings (SSSR count). The Labute approximate surface area is 190 Å². The summed E-state index contributed by atoms with van der Waals surface area (Å²) in [6, 6.07) is 0.380. The van der Waals surface area contributed by atoms with Crippen molar-refractivity contribution in [2.24, 2.45) is 10.9 Å². The molecule has 3 aliphatic rings. The summed E-state index contributed by atoms with van der Waals surface area (Å²) in [5.74, 6) is -0.303. The molecule has 0 aromatic heterocycles. The second-order valence-electron chi connectivity index (χ2n) is 12.3.